The molecule has 0 aliphatic heterocycles. The van der Waals surface area contributed by atoms with Crippen molar-refractivity contribution in [1.29, 1.82) is 0 Å². The van der Waals surface area contributed by atoms with Gasteiger partial charge in [0.25, 0.3) is 5.56 Å². The Labute approximate surface area is 173 Å². The van der Waals surface area contributed by atoms with E-state index < -0.39 is 12.1 Å². The number of H-pyrrole nitrogens is 1. The Hall–Kier alpha value is -2.55. The molecular weight excluding hydrogens is 390 g/mol. The number of fused-ring (bicyclic) bond motifs is 1. The van der Waals surface area contributed by atoms with Gasteiger partial charge in [-0.25, -0.2) is 9.78 Å². The summed E-state index contributed by atoms with van der Waals surface area (Å²) < 4.78 is 5.08. The standard InChI is InChI=1S/C21H25N3O4S/c1-4-28-21(27)18-14(3)17-19(26)22-16(23-20(17)29-18)12-24(10-13(2)25)11-15-8-6-5-7-9-15/h5-9,13,25H,4,10-12H2,1-3H3,(H,22,23,26)/t13-/m1/s1. The lowest BCUT2D eigenvalue weighted by atomic mass is 10.2. The number of carbonyl (C=O) groups is 1. The van der Waals surface area contributed by atoms with Crippen molar-refractivity contribution >= 4 is 27.5 Å². The molecule has 0 amide bonds. The van der Waals surface area contributed by atoms with Crippen LogP contribution in [-0.4, -0.2) is 45.2 Å². The van der Waals surface area contributed by atoms with E-state index >= 15 is 0 Å². The van der Waals surface area contributed by atoms with Crippen molar-refractivity contribution in [3.05, 3.63) is 62.5 Å². The second kappa shape index (κ2) is 9.30. The Bertz CT molecular complexity index is 1040. The van der Waals surface area contributed by atoms with E-state index in [0.717, 1.165) is 5.56 Å². The normalized spacial score (nSPS) is 12.4. The second-order valence-electron chi connectivity index (χ2n) is 6.97. The monoisotopic (exact) mass is 415 g/mol. The molecule has 0 radical (unpaired) electrons. The molecule has 7 nitrogen and oxygen atoms in total. The van der Waals surface area contributed by atoms with Gasteiger partial charge in [-0.15, -0.1) is 11.3 Å². The maximum Gasteiger partial charge on any atom is 0.348 e. The third-order valence-corrected chi connectivity index (χ3v) is 5.62. The molecule has 8 heteroatoms. The number of aromatic nitrogens is 2. The lowest BCUT2D eigenvalue weighted by Gasteiger charge is -2.23. The molecule has 0 aliphatic carbocycles. The van der Waals surface area contributed by atoms with Gasteiger partial charge in [-0.3, -0.25) is 9.69 Å². The Balaban J connectivity index is 1.91. The zero-order chi connectivity index (χ0) is 21.0. The van der Waals surface area contributed by atoms with Crippen molar-refractivity contribution < 1.29 is 14.6 Å². The Morgan fingerprint density at radius 1 is 1.31 bits per heavy atom. The molecule has 154 valence electrons. The number of nitrogens with zero attached hydrogens (tertiary/aromatic N) is 2. The van der Waals surface area contributed by atoms with Crippen molar-refractivity contribution in [2.45, 2.75) is 40.0 Å². The van der Waals surface area contributed by atoms with E-state index in [4.69, 9.17) is 4.74 Å². The molecule has 2 N–H and O–H groups in total. The summed E-state index contributed by atoms with van der Waals surface area (Å²) in [4.78, 5) is 35.2. The Kier molecular flexibility index (Phi) is 6.79. The number of benzene rings is 1. The number of aromatic amines is 1. The van der Waals surface area contributed by atoms with Crippen LogP contribution in [0.25, 0.3) is 10.2 Å². The molecule has 1 atom stereocenters. The van der Waals surface area contributed by atoms with Crippen LogP contribution >= 0.6 is 11.3 Å². The predicted molar refractivity (Wildman–Crippen MR) is 113 cm³/mol. The van der Waals surface area contributed by atoms with Gasteiger partial charge in [-0.05, 0) is 31.9 Å². The van der Waals surface area contributed by atoms with E-state index in [1.165, 1.54) is 11.3 Å². The molecule has 3 aromatic rings. The highest BCUT2D eigenvalue weighted by atomic mass is 32.1. The number of hydrogen-bond acceptors (Lipinski definition) is 7. The van der Waals surface area contributed by atoms with Crippen LogP contribution in [0, 0.1) is 6.92 Å². The molecule has 3 rings (SSSR count). The van der Waals surface area contributed by atoms with E-state index in [0.29, 0.717) is 46.1 Å². The molecule has 0 aliphatic rings. The smallest absolute Gasteiger partial charge is 0.348 e. The van der Waals surface area contributed by atoms with Crippen molar-refractivity contribution in [2.24, 2.45) is 0 Å². The topological polar surface area (TPSA) is 95.5 Å². The van der Waals surface area contributed by atoms with Gasteiger partial charge in [0.15, 0.2) is 0 Å². The maximum atomic E-state index is 12.7. The first-order valence-electron chi connectivity index (χ1n) is 9.52. The van der Waals surface area contributed by atoms with E-state index in [-0.39, 0.29) is 12.2 Å². The number of aliphatic hydroxyl groups is 1. The van der Waals surface area contributed by atoms with Crippen molar-refractivity contribution in [3.63, 3.8) is 0 Å². The fourth-order valence-electron chi connectivity index (χ4n) is 3.27. The molecular formula is C21H25N3O4S. The summed E-state index contributed by atoms with van der Waals surface area (Å²) in [5.41, 5.74) is 1.42. The average Bonchev–Trinajstić information content (AvgIpc) is 2.99. The predicted octanol–water partition coefficient (Wildman–Crippen LogP) is 2.85. The van der Waals surface area contributed by atoms with Crippen LogP contribution in [0.4, 0.5) is 0 Å². The minimum atomic E-state index is -0.520. The zero-order valence-electron chi connectivity index (χ0n) is 16.8. The largest absolute Gasteiger partial charge is 0.462 e. The van der Waals surface area contributed by atoms with Crippen LogP contribution in [0.15, 0.2) is 35.1 Å². The number of thiophene rings is 1. The number of carbonyl (C=O) groups excluding carboxylic acids is 1. The molecule has 0 unspecified atom stereocenters. The molecule has 0 bridgehead atoms. The van der Waals surface area contributed by atoms with E-state index in [1.54, 1.807) is 20.8 Å². The first-order chi connectivity index (χ1) is 13.9. The van der Waals surface area contributed by atoms with Gasteiger partial charge in [0.1, 0.15) is 15.5 Å². The van der Waals surface area contributed by atoms with Crippen LogP contribution in [0.1, 0.15) is 40.5 Å². The minimum Gasteiger partial charge on any atom is -0.462 e. The molecule has 0 saturated carbocycles. The van der Waals surface area contributed by atoms with Crippen LogP contribution in [0.5, 0.6) is 0 Å². The number of aryl methyl sites for hydroxylation is 1. The quantitative estimate of drug-likeness (QED) is 0.549. The molecule has 0 fully saturated rings. The van der Waals surface area contributed by atoms with Gasteiger partial charge in [-0.2, -0.15) is 0 Å². The van der Waals surface area contributed by atoms with Crippen molar-refractivity contribution in [2.75, 3.05) is 13.2 Å². The summed E-state index contributed by atoms with van der Waals surface area (Å²) in [7, 11) is 0. The summed E-state index contributed by atoms with van der Waals surface area (Å²) in [6.45, 7) is 6.90. The molecule has 2 aromatic heterocycles. The fourth-order valence-corrected chi connectivity index (χ4v) is 4.36. The first-order valence-corrected chi connectivity index (χ1v) is 10.3. The van der Waals surface area contributed by atoms with Gasteiger partial charge < -0.3 is 14.8 Å². The highest BCUT2D eigenvalue weighted by Crippen LogP contribution is 2.27. The summed E-state index contributed by atoms with van der Waals surface area (Å²) in [5.74, 6) is 0.0597. The lowest BCUT2D eigenvalue weighted by molar-refractivity contribution is 0.0531. The fraction of sp³-hybridized carbons (Fsp3) is 0.381. The van der Waals surface area contributed by atoms with E-state index in [2.05, 4.69) is 9.97 Å². The molecule has 0 spiro atoms. The maximum absolute atomic E-state index is 12.7. The zero-order valence-corrected chi connectivity index (χ0v) is 17.6. The number of nitrogens with one attached hydrogen (secondary N) is 1. The number of esters is 1. The highest BCUT2D eigenvalue weighted by molar-refractivity contribution is 7.20. The van der Waals surface area contributed by atoms with Crippen LogP contribution in [0.3, 0.4) is 0 Å². The highest BCUT2D eigenvalue weighted by Gasteiger charge is 2.21. The van der Waals surface area contributed by atoms with Gasteiger partial charge in [-0.1, -0.05) is 30.3 Å². The summed E-state index contributed by atoms with van der Waals surface area (Å²) >= 11 is 1.17. The number of ether oxygens (including phenoxy) is 1. The molecule has 1 aromatic carbocycles. The van der Waals surface area contributed by atoms with Gasteiger partial charge >= 0.3 is 5.97 Å². The summed E-state index contributed by atoms with van der Waals surface area (Å²) in [6, 6.07) is 9.92. The molecule has 2 heterocycles. The number of rotatable bonds is 8. The van der Waals surface area contributed by atoms with Crippen molar-refractivity contribution in [1.82, 2.24) is 14.9 Å². The van der Waals surface area contributed by atoms with Crippen molar-refractivity contribution in [3.8, 4) is 0 Å². The average molecular weight is 416 g/mol. The van der Waals surface area contributed by atoms with Crippen LogP contribution < -0.4 is 5.56 Å². The third-order valence-electron chi connectivity index (χ3n) is 4.46. The second-order valence-corrected chi connectivity index (χ2v) is 7.97. The molecule has 0 saturated heterocycles. The minimum absolute atomic E-state index is 0.272. The summed E-state index contributed by atoms with van der Waals surface area (Å²) in [5, 5.41) is 10.3. The lowest BCUT2D eigenvalue weighted by Crippen LogP contribution is -2.31. The van der Waals surface area contributed by atoms with Crippen LogP contribution in [-0.2, 0) is 17.8 Å². The van der Waals surface area contributed by atoms with Crippen LogP contribution in [0.2, 0.25) is 0 Å². The Morgan fingerprint density at radius 3 is 2.69 bits per heavy atom. The van der Waals surface area contributed by atoms with Gasteiger partial charge in [0, 0.05) is 13.1 Å². The molecule has 29 heavy (non-hydrogen) atoms. The van der Waals surface area contributed by atoms with E-state index in [1.807, 2.05) is 35.2 Å². The SMILES string of the molecule is CCOC(=O)c1sc2nc(CN(Cc3ccccc3)C[C@@H](C)O)[nH]c(=O)c2c1C. The number of hydrogen-bond donors (Lipinski definition) is 2. The summed E-state index contributed by atoms with van der Waals surface area (Å²) in [6.07, 6.45) is -0.520. The van der Waals surface area contributed by atoms with Gasteiger partial charge in [0.2, 0.25) is 0 Å². The van der Waals surface area contributed by atoms with Gasteiger partial charge in [0.05, 0.1) is 24.6 Å². The van der Waals surface area contributed by atoms with E-state index in [9.17, 15) is 14.7 Å². The third kappa shape index (κ3) is 5.09. The first kappa shape index (κ1) is 21.2. The number of aliphatic hydroxyl groups excluding tert-OH is 1. The Morgan fingerprint density at radius 2 is 2.03 bits per heavy atom.